The normalized spacial score (nSPS) is 18.2. The lowest BCUT2D eigenvalue weighted by Crippen LogP contribution is -2.46. The molecule has 0 saturated heterocycles. The van der Waals surface area contributed by atoms with Gasteiger partial charge in [0, 0.05) is 12.1 Å². The largest absolute Gasteiger partial charge is 0.394 e. The molecule has 0 fully saturated rings. The van der Waals surface area contributed by atoms with E-state index >= 15 is 0 Å². The number of ether oxygens (including phenoxy) is 1. The van der Waals surface area contributed by atoms with Gasteiger partial charge in [-0.15, -0.1) is 0 Å². The summed E-state index contributed by atoms with van der Waals surface area (Å²) in [5.41, 5.74) is 0.0875. The molecule has 0 aromatic carbocycles. The van der Waals surface area contributed by atoms with Crippen LogP contribution in [0.5, 0.6) is 0 Å². The summed E-state index contributed by atoms with van der Waals surface area (Å²) >= 11 is 0. The molecular formula is C13H29NO2. The lowest BCUT2D eigenvalue weighted by Gasteiger charge is -2.30. The summed E-state index contributed by atoms with van der Waals surface area (Å²) in [6.45, 7) is 11.6. The third-order valence-corrected chi connectivity index (χ3v) is 2.94. The highest BCUT2D eigenvalue weighted by Gasteiger charge is 2.24. The summed E-state index contributed by atoms with van der Waals surface area (Å²) in [6.07, 6.45) is 2.06. The third-order valence-electron chi connectivity index (χ3n) is 2.94. The maximum Gasteiger partial charge on any atom is 0.0611 e. The third kappa shape index (κ3) is 7.20. The Kier molecular flexibility index (Phi) is 6.53. The van der Waals surface area contributed by atoms with Crippen LogP contribution in [-0.2, 0) is 4.74 Å². The Morgan fingerprint density at radius 2 is 1.81 bits per heavy atom. The Bertz CT molecular complexity index is 183. The van der Waals surface area contributed by atoms with Crippen molar-refractivity contribution in [1.29, 1.82) is 0 Å². The van der Waals surface area contributed by atoms with Crippen molar-refractivity contribution in [2.45, 2.75) is 59.1 Å². The molecule has 2 N–H and O–H groups in total. The summed E-state index contributed by atoms with van der Waals surface area (Å²) in [7, 11) is 1.87. The van der Waals surface area contributed by atoms with Crippen molar-refractivity contribution in [2.24, 2.45) is 5.41 Å². The first kappa shape index (κ1) is 15.9. The number of aliphatic hydroxyl groups excluding tert-OH is 1. The SMILES string of the molecule is CNC(C)(CO)CC(C)OCCC(C)(C)C. The van der Waals surface area contributed by atoms with Crippen molar-refractivity contribution in [1.82, 2.24) is 5.32 Å². The van der Waals surface area contributed by atoms with Gasteiger partial charge in [-0.2, -0.15) is 0 Å². The molecular weight excluding hydrogens is 202 g/mol. The van der Waals surface area contributed by atoms with Crippen molar-refractivity contribution < 1.29 is 9.84 Å². The van der Waals surface area contributed by atoms with E-state index < -0.39 is 0 Å². The summed E-state index contributed by atoms with van der Waals surface area (Å²) in [5.74, 6) is 0. The van der Waals surface area contributed by atoms with Crippen LogP contribution in [0.25, 0.3) is 0 Å². The standard InChI is InChI=1S/C13H29NO2/c1-11(9-13(5,10-15)14-6)16-8-7-12(2,3)4/h11,14-15H,7-10H2,1-6H3. The van der Waals surface area contributed by atoms with Gasteiger partial charge < -0.3 is 15.2 Å². The second-order valence-electron chi connectivity index (χ2n) is 6.16. The van der Waals surface area contributed by atoms with Crippen LogP contribution in [0.1, 0.15) is 47.5 Å². The van der Waals surface area contributed by atoms with Crippen molar-refractivity contribution >= 4 is 0 Å². The number of hydrogen-bond acceptors (Lipinski definition) is 3. The summed E-state index contributed by atoms with van der Waals surface area (Å²) in [5, 5.41) is 12.4. The van der Waals surface area contributed by atoms with Gasteiger partial charge in [-0.25, -0.2) is 0 Å². The predicted molar refractivity (Wildman–Crippen MR) is 68.7 cm³/mol. The average molecular weight is 231 g/mol. The Morgan fingerprint density at radius 1 is 1.25 bits per heavy atom. The topological polar surface area (TPSA) is 41.5 Å². The van der Waals surface area contributed by atoms with E-state index in [1.54, 1.807) is 0 Å². The molecule has 0 aliphatic heterocycles. The molecule has 16 heavy (non-hydrogen) atoms. The Hall–Kier alpha value is -0.120. The van der Waals surface area contributed by atoms with Crippen LogP contribution in [0.3, 0.4) is 0 Å². The molecule has 0 radical (unpaired) electrons. The van der Waals surface area contributed by atoms with Crippen LogP contribution in [0.15, 0.2) is 0 Å². The zero-order valence-electron chi connectivity index (χ0n) is 11.8. The lowest BCUT2D eigenvalue weighted by atomic mass is 9.93. The Balaban J connectivity index is 3.86. The fourth-order valence-corrected chi connectivity index (χ4v) is 1.51. The molecule has 0 saturated carbocycles. The highest BCUT2D eigenvalue weighted by atomic mass is 16.5. The van der Waals surface area contributed by atoms with Gasteiger partial charge in [0.25, 0.3) is 0 Å². The fourth-order valence-electron chi connectivity index (χ4n) is 1.51. The molecule has 3 heteroatoms. The van der Waals surface area contributed by atoms with E-state index in [1.807, 2.05) is 14.0 Å². The summed E-state index contributed by atoms with van der Waals surface area (Å²) in [6, 6.07) is 0. The fraction of sp³-hybridized carbons (Fsp3) is 1.00. The Morgan fingerprint density at radius 3 is 2.19 bits per heavy atom. The van der Waals surface area contributed by atoms with Crippen molar-refractivity contribution in [3.63, 3.8) is 0 Å². The molecule has 0 aliphatic carbocycles. The zero-order valence-corrected chi connectivity index (χ0v) is 11.8. The maximum atomic E-state index is 9.27. The van der Waals surface area contributed by atoms with Gasteiger partial charge in [0.1, 0.15) is 0 Å². The minimum absolute atomic E-state index is 0.135. The first-order chi connectivity index (χ1) is 7.22. The molecule has 0 amide bonds. The van der Waals surface area contributed by atoms with Crippen molar-refractivity contribution in [2.75, 3.05) is 20.3 Å². The van der Waals surface area contributed by atoms with E-state index in [2.05, 4.69) is 33.0 Å². The van der Waals surface area contributed by atoms with Crippen LogP contribution < -0.4 is 5.32 Å². The van der Waals surface area contributed by atoms with Gasteiger partial charge in [0.15, 0.2) is 0 Å². The number of aliphatic hydroxyl groups is 1. The minimum Gasteiger partial charge on any atom is -0.394 e. The van der Waals surface area contributed by atoms with Gasteiger partial charge >= 0.3 is 0 Å². The minimum atomic E-state index is -0.235. The quantitative estimate of drug-likeness (QED) is 0.706. The molecule has 0 spiro atoms. The number of rotatable bonds is 7. The van der Waals surface area contributed by atoms with E-state index in [9.17, 15) is 5.11 Å². The van der Waals surface area contributed by atoms with Gasteiger partial charge in [-0.3, -0.25) is 0 Å². The van der Waals surface area contributed by atoms with E-state index in [0.29, 0.717) is 5.41 Å². The van der Waals surface area contributed by atoms with Crippen LogP contribution in [0.2, 0.25) is 0 Å². The van der Waals surface area contributed by atoms with Crippen LogP contribution in [0.4, 0.5) is 0 Å². The predicted octanol–water partition coefficient (Wildman–Crippen LogP) is 2.19. The van der Waals surface area contributed by atoms with Crippen LogP contribution in [-0.4, -0.2) is 37.0 Å². The molecule has 0 rings (SSSR count). The van der Waals surface area contributed by atoms with E-state index in [-0.39, 0.29) is 18.2 Å². The monoisotopic (exact) mass is 231 g/mol. The zero-order chi connectivity index (χ0) is 12.8. The second kappa shape index (κ2) is 6.58. The van der Waals surface area contributed by atoms with Crippen molar-refractivity contribution in [3.05, 3.63) is 0 Å². The number of hydrogen-bond donors (Lipinski definition) is 2. The van der Waals surface area contributed by atoms with Crippen molar-refractivity contribution in [3.8, 4) is 0 Å². The number of likely N-dealkylation sites (N-methyl/N-ethyl adjacent to an activating group) is 1. The molecule has 2 atom stereocenters. The van der Waals surface area contributed by atoms with Gasteiger partial charge in [0.2, 0.25) is 0 Å². The van der Waals surface area contributed by atoms with Gasteiger partial charge in [0.05, 0.1) is 12.7 Å². The molecule has 0 bridgehead atoms. The molecule has 0 aliphatic rings. The first-order valence-electron chi connectivity index (χ1n) is 6.14. The highest BCUT2D eigenvalue weighted by Crippen LogP contribution is 2.19. The van der Waals surface area contributed by atoms with E-state index in [1.165, 1.54) is 0 Å². The highest BCUT2D eigenvalue weighted by molar-refractivity contribution is 4.82. The Labute approximate surface area is 101 Å². The number of nitrogens with one attached hydrogen (secondary N) is 1. The first-order valence-corrected chi connectivity index (χ1v) is 6.14. The molecule has 3 nitrogen and oxygen atoms in total. The molecule has 2 unspecified atom stereocenters. The van der Waals surface area contributed by atoms with E-state index in [0.717, 1.165) is 19.4 Å². The average Bonchev–Trinajstić information content (AvgIpc) is 2.15. The molecule has 0 aromatic rings. The van der Waals surface area contributed by atoms with Gasteiger partial charge in [-0.1, -0.05) is 20.8 Å². The maximum absolute atomic E-state index is 9.27. The van der Waals surface area contributed by atoms with Gasteiger partial charge in [-0.05, 0) is 39.2 Å². The summed E-state index contributed by atoms with van der Waals surface area (Å²) in [4.78, 5) is 0. The summed E-state index contributed by atoms with van der Waals surface area (Å²) < 4.78 is 5.77. The molecule has 0 aromatic heterocycles. The molecule has 98 valence electrons. The molecule has 0 heterocycles. The van der Waals surface area contributed by atoms with Crippen LogP contribution in [0, 0.1) is 5.41 Å². The van der Waals surface area contributed by atoms with Crippen LogP contribution >= 0.6 is 0 Å². The lowest BCUT2D eigenvalue weighted by molar-refractivity contribution is 0.0187. The van der Waals surface area contributed by atoms with E-state index in [4.69, 9.17) is 4.74 Å². The smallest absolute Gasteiger partial charge is 0.0611 e. The second-order valence-corrected chi connectivity index (χ2v) is 6.16.